The van der Waals surface area contributed by atoms with Gasteiger partial charge in [0.2, 0.25) is 0 Å². The molecule has 0 saturated heterocycles. The number of unbranched alkanes of at least 4 members (excludes halogenated alkanes) is 24. The van der Waals surface area contributed by atoms with Crippen molar-refractivity contribution in [2.45, 2.75) is 290 Å². The van der Waals surface area contributed by atoms with E-state index in [1.807, 2.05) is 0 Å². The molecule has 0 spiro atoms. The second-order valence-electron chi connectivity index (χ2n) is 21.8. The van der Waals surface area contributed by atoms with Crippen molar-refractivity contribution in [3.63, 3.8) is 0 Å². The van der Waals surface area contributed by atoms with Gasteiger partial charge >= 0.3 is 11.9 Å². The molecule has 0 aromatic rings. The molecule has 5 nitrogen and oxygen atoms in total. The number of esters is 2. The first-order valence-electron chi connectivity index (χ1n) is 33.7. The summed E-state index contributed by atoms with van der Waals surface area (Å²) in [6, 6.07) is 0. The lowest BCUT2D eigenvalue weighted by atomic mass is 10.0. The molecule has 5 heteroatoms. The van der Waals surface area contributed by atoms with Crippen LogP contribution < -0.4 is 0 Å². The molecule has 1 atom stereocenters. The molecule has 1 N–H and O–H groups in total. The molecule has 0 amide bonds. The Morgan fingerprint density at radius 3 is 0.732 bits per heavy atom. The minimum atomic E-state index is -0.798. The van der Waals surface area contributed by atoms with Gasteiger partial charge in [-0.15, -0.1) is 0 Å². The van der Waals surface area contributed by atoms with Crippen LogP contribution >= 0.6 is 0 Å². The van der Waals surface area contributed by atoms with Crippen LogP contribution in [0.3, 0.4) is 0 Å². The number of rotatable bonds is 60. The fourth-order valence-electron chi connectivity index (χ4n) is 9.05. The summed E-state index contributed by atoms with van der Waals surface area (Å²) < 4.78 is 10.7. The monoisotopic (exact) mass is 1130 g/mol. The molecule has 0 aliphatic carbocycles. The van der Waals surface area contributed by atoms with Gasteiger partial charge in [-0.05, 0) is 128 Å². The van der Waals surface area contributed by atoms with Gasteiger partial charge in [0.15, 0.2) is 6.10 Å². The van der Waals surface area contributed by atoms with Gasteiger partial charge in [0.05, 0.1) is 6.61 Å². The predicted molar refractivity (Wildman–Crippen MR) is 361 cm³/mol. The molecule has 0 heterocycles. The highest BCUT2D eigenvalue weighted by atomic mass is 16.6. The van der Waals surface area contributed by atoms with Gasteiger partial charge in [-0.25, -0.2) is 0 Å². The second-order valence-corrected chi connectivity index (χ2v) is 21.8. The van der Waals surface area contributed by atoms with E-state index in [4.69, 9.17) is 9.47 Å². The van der Waals surface area contributed by atoms with Crippen LogP contribution in [0.15, 0.2) is 170 Å². The molecule has 0 radical (unpaired) electrons. The molecule has 0 rings (SSSR count). The molecular formula is C77H124O5. The van der Waals surface area contributed by atoms with Crippen LogP contribution in [-0.2, 0) is 19.1 Å². The quantitative estimate of drug-likeness (QED) is 0.0373. The standard InChI is InChI=1S/C77H124O5/c1-3-5-7-9-11-13-15-17-19-21-23-25-27-29-31-33-35-37-38-40-42-44-46-48-50-52-54-56-58-60-62-64-66-68-70-72-77(80)82-75(73-78)74-81-76(79)71-69-67-65-63-61-59-57-55-53-51-49-47-45-43-41-39-36-34-32-30-28-26-24-22-20-18-16-14-12-10-8-6-4-2/h5-8,11-14,17-20,23-26,29,31,35,37,40,42,46,48,52,54,58,60,75,78H,3-4,9-10,15-16,21-22,27-28,30,32-34,36,38-39,41,43-45,47,49-51,53,55-57,59,61-74H2,1-2H3/b7-5-,8-6-,13-11-,14-12-,19-17-,20-18-,25-23-,26-24-,31-29-,37-35-,42-40-,48-46-,54-52-,60-58-. The van der Waals surface area contributed by atoms with Crippen molar-refractivity contribution >= 4 is 11.9 Å². The van der Waals surface area contributed by atoms with E-state index in [9.17, 15) is 14.7 Å². The molecule has 0 aromatic carbocycles. The molecule has 0 aromatic heterocycles. The topological polar surface area (TPSA) is 72.8 Å². The number of hydrogen-bond acceptors (Lipinski definition) is 5. The van der Waals surface area contributed by atoms with E-state index < -0.39 is 6.10 Å². The number of ether oxygens (including phenoxy) is 2. The van der Waals surface area contributed by atoms with E-state index >= 15 is 0 Å². The normalized spacial score (nSPS) is 13.4. The Hall–Kier alpha value is -4.74. The lowest BCUT2D eigenvalue weighted by Crippen LogP contribution is -2.28. The summed E-state index contributed by atoms with van der Waals surface area (Å²) in [5.41, 5.74) is 0. The Morgan fingerprint density at radius 2 is 0.488 bits per heavy atom. The summed E-state index contributed by atoms with van der Waals surface area (Å²) in [5.74, 6) is -0.622. The van der Waals surface area contributed by atoms with E-state index in [2.05, 4.69) is 184 Å². The molecule has 0 saturated carbocycles. The number of carbonyl (C=O) groups excluding carboxylic acids is 2. The van der Waals surface area contributed by atoms with Crippen LogP contribution in [0.4, 0.5) is 0 Å². The van der Waals surface area contributed by atoms with E-state index in [0.717, 1.165) is 141 Å². The highest BCUT2D eigenvalue weighted by Gasteiger charge is 2.16. The Labute approximate surface area is 506 Å². The Balaban J connectivity index is 3.57. The summed E-state index contributed by atoms with van der Waals surface area (Å²) in [5, 5.41) is 9.69. The maximum atomic E-state index is 12.3. The van der Waals surface area contributed by atoms with E-state index in [1.165, 1.54) is 116 Å². The molecular weight excluding hydrogens is 1000 g/mol. The number of hydrogen-bond donors (Lipinski definition) is 1. The maximum absolute atomic E-state index is 12.3. The van der Waals surface area contributed by atoms with Gasteiger partial charge in [-0.2, -0.15) is 0 Å². The van der Waals surface area contributed by atoms with Crippen molar-refractivity contribution in [2.24, 2.45) is 0 Å². The molecule has 1 unspecified atom stereocenters. The highest BCUT2D eigenvalue weighted by molar-refractivity contribution is 5.70. The molecule has 0 aliphatic rings. The SMILES string of the molecule is CC/C=C\C/C=C\C/C=C\C/C=C\C/C=C\C/C=C\C/C=C\C/C=C\C/C=C\C/C=C\CCCCCCC(=O)OC(CO)COC(=O)CCCCCCCCCCCCCCCCCCCCCC/C=C\C/C=C\C/C=C\C/C=C\CC. The van der Waals surface area contributed by atoms with Gasteiger partial charge in [0.1, 0.15) is 6.61 Å². The third-order valence-electron chi connectivity index (χ3n) is 14.0. The molecule has 0 fully saturated rings. The Kier molecular flexibility index (Phi) is 66.4. The van der Waals surface area contributed by atoms with Gasteiger partial charge in [0, 0.05) is 12.8 Å². The van der Waals surface area contributed by atoms with E-state index in [-0.39, 0.29) is 25.2 Å². The fourth-order valence-corrected chi connectivity index (χ4v) is 9.05. The van der Waals surface area contributed by atoms with Crippen LogP contribution in [0, 0.1) is 0 Å². The van der Waals surface area contributed by atoms with Crippen molar-refractivity contribution in [2.75, 3.05) is 13.2 Å². The van der Waals surface area contributed by atoms with E-state index in [1.54, 1.807) is 0 Å². The zero-order chi connectivity index (χ0) is 59.1. The van der Waals surface area contributed by atoms with Gasteiger partial charge in [-0.1, -0.05) is 312 Å². The Bertz CT molecular complexity index is 1810. The zero-order valence-electron chi connectivity index (χ0n) is 52.9. The summed E-state index contributed by atoms with van der Waals surface area (Å²) >= 11 is 0. The molecule has 462 valence electrons. The highest BCUT2D eigenvalue weighted by Crippen LogP contribution is 2.16. The minimum absolute atomic E-state index is 0.0843. The first kappa shape index (κ1) is 77.3. The van der Waals surface area contributed by atoms with E-state index in [0.29, 0.717) is 12.8 Å². The number of aliphatic hydroxyl groups is 1. The second kappa shape index (κ2) is 70.5. The van der Waals surface area contributed by atoms with Crippen molar-refractivity contribution < 1.29 is 24.2 Å². The van der Waals surface area contributed by atoms with Crippen LogP contribution in [0.25, 0.3) is 0 Å². The van der Waals surface area contributed by atoms with Gasteiger partial charge in [-0.3, -0.25) is 9.59 Å². The van der Waals surface area contributed by atoms with Crippen molar-refractivity contribution in [1.29, 1.82) is 0 Å². The van der Waals surface area contributed by atoms with Crippen molar-refractivity contribution in [3.05, 3.63) is 170 Å². The Morgan fingerprint density at radius 1 is 0.280 bits per heavy atom. The third-order valence-corrected chi connectivity index (χ3v) is 14.0. The lowest BCUT2D eigenvalue weighted by molar-refractivity contribution is -0.161. The number of carbonyl (C=O) groups is 2. The summed E-state index contributed by atoms with van der Waals surface area (Å²) in [7, 11) is 0. The first-order chi connectivity index (χ1) is 40.6. The smallest absolute Gasteiger partial charge is 0.306 e. The third kappa shape index (κ3) is 67.8. The largest absolute Gasteiger partial charge is 0.462 e. The van der Waals surface area contributed by atoms with Gasteiger partial charge in [0.25, 0.3) is 0 Å². The molecule has 0 aliphatic heterocycles. The summed E-state index contributed by atoms with van der Waals surface area (Å²) in [6.07, 6.45) is 109. The summed E-state index contributed by atoms with van der Waals surface area (Å²) in [4.78, 5) is 24.6. The maximum Gasteiger partial charge on any atom is 0.306 e. The number of aliphatic hydroxyl groups excluding tert-OH is 1. The van der Waals surface area contributed by atoms with Crippen molar-refractivity contribution in [3.8, 4) is 0 Å². The van der Waals surface area contributed by atoms with Gasteiger partial charge < -0.3 is 14.6 Å². The minimum Gasteiger partial charge on any atom is -0.462 e. The lowest BCUT2D eigenvalue weighted by Gasteiger charge is -2.15. The summed E-state index contributed by atoms with van der Waals surface area (Å²) in [6.45, 7) is 3.90. The fraction of sp³-hybridized carbons (Fsp3) is 0.610. The predicted octanol–water partition coefficient (Wildman–Crippen LogP) is 23.6. The van der Waals surface area contributed by atoms with Crippen LogP contribution in [0.1, 0.15) is 284 Å². The zero-order valence-corrected chi connectivity index (χ0v) is 52.9. The molecule has 82 heavy (non-hydrogen) atoms. The van der Waals surface area contributed by atoms with Crippen LogP contribution in [0.2, 0.25) is 0 Å². The van der Waals surface area contributed by atoms with Crippen LogP contribution in [-0.4, -0.2) is 36.4 Å². The molecule has 0 bridgehead atoms. The van der Waals surface area contributed by atoms with Crippen LogP contribution in [0.5, 0.6) is 0 Å². The van der Waals surface area contributed by atoms with Crippen molar-refractivity contribution in [1.82, 2.24) is 0 Å². The average Bonchev–Trinajstić information content (AvgIpc) is 3.49. The number of allylic oxidation sites excluding steroid dienone is 28. The average molecular weight is 1130 g/mol. The first-order valence-corrected chi connectivity index (χ1v) is 33.7.